The molecular weight excluding hydrogens is 425 g/mol. The summed E-state index contributed by atoms with van der Waals surface area (Å²) in [6.45, 7) is 6.90. The van der Waals surface area contributed by atoms with E-state index in [4.69, 9.17) is 9.47 Å². The van der Waals surface area contributed by atoms with Gasteiger partial charge in [-0.25, -0.2) is 19.3 Å². The van der Waals surface area contributed by atoms with E-state index in [0.717, 1.165) is 62.9 Å². The number of nitrogens with one attached hydrogen (secondary N) is 2. The molecule has 2 saturated heterocycles. The minimum Gasteiger partial charge on any atom is -0.379 e. The van der Waals surface area contributed by atoms with E-state index in [2.05, 4.69) is 42.1 Å². The maximum atomic E-state index is 14.5. The number of hydrogen-bond donors (Lipinski definition) is 2. The van der Waals surface area contributed by atoms with E-state index in [1.54, 1.807) is 12.4 Å². The van der Waals surface area contributed by atoms with E-state index in [1.165, 1.54) is 6.20 Å². The largest absolute Gasteiger partial charge is 0.379 e. The van der Waals surface area contributed by atoms with Gasteiger partial charge >= 0.3 is 0 Å². The first-order valence-electron chi connectivity index (χ1n) is 11.4. The summed E-state index contributed by atoms with van der Waals surface area (Å²) in [4.78, 5) is 23.0. The quantitative estimate of drug-likeness (QED) is 0.587. The Labute approximate surface area is 191 Å². The van der Waals surface area contributed by atoms with Crippen molar-refractivity contribution in [2.45, 2.75) is 38.3 Å². The van der Waals surface area contributed by atoms with E-state index in [9.17, 15) is 4.39 Å². The lowest BCUT2D eigenvalue weighted by atomic mass is 9.96. The van der Waals surface area contributed by atoms with Gasteiger partial charge in [0.1, 0.15) is 11.5 Å². The molecule has 0 radical (unpaired) electrons. The lowest BCUT2D eigenvalue weighted by Gasteiger charge is -2.26. The number of ether oxygens (including phenoxy) is 2. The van der Waals surface area contributed by atoms with Gasteiger partial charge in [0, 0.05) is 32.2 Å². The summed E-state index contributed by atoms with van der Waals surface area (Å²) >= 11 is 0. The van der Waals surface area contributed by atoms with E-state index < -0.39 is 5.82 Å². The van der Waals surface area contributed by atoms with Crippen molar-refractivity contribution in [2.24, 2.45) is 0 Å². The number of pyridine rings is 1. The van der Waals surface area contributed by atoms with Crippen LogP contribution in [0, 0.1) is 5.82 Å². The Morgan fingerprint density at radius 3 is 2.79 bits per heavy atom. The molecule has 174 valence electrons. The van der Waals surface area contributed by atoms with Crippen molar-refractivity contribution in [1.82, 2.24) is 29.8 Å². The summed E-state index contributed by atoms with van der Waals surface area (Å²) in [7, 11) is 0. The van der Waals surface area contributed by atoms with Crippen molar-refractivity contribution in [3.05, 3.63) is 48.1 Å². The van der Waals surface area contributed by atoms with Crippen molar-refractivity contribution < 1.29 is 13.9 Å². The van der Waals surface area contributed by atoms with Crippen LogP contribution in [0.2, 0.25) is 0 Å². The van der Waals surface area contributed by atoms with Gasteiger partial charge in [0.15, 0.2) is 5.82 Å². The SMILES string of the molecule is CC1CC(c2ncc(-c3nc(Nc4ccc(CN5CCOCC5)nc4)ncc3F)[nH]2)CCO1. The molecule has 0 amide bonds. The van der Waals surface area contributed by atoms with Gasteiger partial charge in [-0.05, 0) is 31.9 Å². The molecule has 0 spiro atoms. The molecule has 2 aliphatic heterocycles. The fraction of sp³-hybridized carbons (Fsp3) is 0.478. The number of nitrogens with zero attached hydrogens (tertiary/aromatic N) is 5. The molecule has 0 aromatic carbocycles. The molecule has 2 aliphatic rings. The number of imidazole rings is 1. The summed E-state index contributed by atoms with van der Waals surface area (Å²) < 4.78 is 25.5. The van der Waals surface area contributed by atoms with Crippen LogP contribution in [0.4, 0.5) is 16.0 Å². The first-order chi connectivity index (χ1) is 16.1. The molecule has 3 aromatic rings. The van der Waals surface area contributed by atoms with E-state index in [0.29, 0.717) is 18.2 Å². The highest BCUT2D eigenvalue weighted by Crippen LogP contribution is 2.30. The lowest BCUT2D eigenvalue weighted by Crippen LogP contribution is -2.35. The number of anilines is 2. The third kappa shape index (κ3) is 5.35. The predicted molar refractivity (Wildman–Crippen MR) is 121 cm³/mol. The molecule has 9 nitrogen and oxygen atoms in total. The van der Waals surface area contributed by atoms with Crippen molar-refractivity contribution in [2.75, 3.05) is 38.2 Å². The third-order valence-electron chi connectivity index (χ3n) is 6.04. The molecule has 2 atom stereocenters. The van der Waals surface area contributed by atoms with E-state index in [-0.39, 0.29) is 17.7 Å². The van der Waals surface area contributed by atoms with Crippen LogP contribution in [-0.4, -0.2) is 68.8 Å². The molecule has 33 heavy (non-hydrogen) atoms. The molecule has 10 heteroatoms. The summed E-state index contributed by atoms with van der Waals surface area (Å²) in [5.74, 6) is 0.903. The number of aromatic nitrogens is 5. The van der Waals surface area contributed by atoms with Gasteiger partial charge in [-0.1, -0.05) is 0 Å². The van der Waals surface area contributed by atoms with Gasteiger partial charge in [-0.3, -0.25) is 9.88 Å². The maximum Gasteiger partial charge on any atom is 0.228 e. The van der Waals surface area contributed by atoms with Crippen LogP contribution < -0.4 is 5.32 Å². The molecule has 3 aromatic heterocycles. The zero-order chi connectivity index (χ0) is 22.6. The van der Waals surface area contributed by atoms with Crippen molar-refractivity contribution in [1.29, 1.82) is 0 Å². The Kier molecular flexibility index (Phi) is 6.56. The van der Waals surface area contributed by atoms with Crippen molar-refractivity contribution in [3.8, 4) is 11.4 Å². The maximum absolute atomic E-state index is 14.5. The van der Waals surface area contributed by atoms with Crippen LogP contribution in [0.5, 0.6) is 0 Å². The standard InChI is InChI=1S/C23H28FN7O2/c1-15-10-16(4-7-33-15)22-26-13-20(29-22)21-19(24)12-27-23(30-21)28-17-2-3-18(25-11-17)14-31-5-8-32-9-6-31/h2-3,11-13,15-16H,4-10,14H2,1H3,(H,26,29)(H,27,28,30). The van der Waals surface area contributed by atoms with Gasteiger partial charge in [0.05, 0.1) is 55.0 Å². The second-order valence-corrected chi connectivity index (χ2v) is 8.53. The number of morpholine rings is 1. The average molecular weight is 454 g/mol. The van der Waals surface area contributed by atoms with Crippen LogP contribution in [-0.2, 0) is 16.0 Å². The Morgan fingerprint density at radius 2 is 2.00 bits per heavy atom. The molecule has 2 fully saturated rings. The highest BCUT2D eigenvalue weighted by Gasteiger charge is 2.24. The Morgan fingerprint density at radius 1 is 1.12 bits per heavy atom. The van der Waals surface area contributed by atoms with Gasteiger partial charge in [0.25, 0.3) is 0 Å². The first kappa shape index (κ1) is 21.9. The van der Waals surface area contributed by atoms with Gasteiger partial charge in [-0.2, -0.15) is 0 Å². The lowest BCUT2D eigenvalue weighted by molar-refractivity contribution is 0.0174. The first-order valence-corrected chi connectivity index (χ1v) is 11.4. The molecule has 5 heterocycles. The van der Waals surface area contributed by atoms with Crippen molar-refractivity contribution >= 4 is 11.6 Å². The topological polar surface area (TPSA) is 101 Å². The molecule has 2 unspecified atom stereocenters. The molecular formula is C23H28FN7O2. The van der Waals surface area contributed by atoms with Gasteiger partial charge in [-0.15, -0.1) is 0 Å². The third-order valence-corrected chi connectivity index (χ3v) is 6.04. The Bertz CT molecular complexity index is 1070. The van der Waals surface area contributed by atoms with Crippen LogP contribution >= 0.6 is 0 Å². The van der Waals surface area contributed by atoms with Crippen LogP contribution in [0.3, 0.4) is 0 Å². The average Bonchev–Trinajstić information content (AvgIpc) is 3.32. The predicted octanol–water partition coefficient (Wildman–Crippen LogP) is 3.26. The second kappa shape index (κ2) is 9.90. The minimum absolute atomic E-state index is 0.184. The minimum atomic E-state index is -0.505. The van der Waals surface area contributed by atoms with Crippen LogP contribution in [0.25, 0.3) is 11.4 Å². The Balaban J connectivity index is 1.27. The summed E-state index contributed by atoms with van der Waals surface area (Å²) in [5.41, 5.74) is 2.43. The normalized spacial score (nSPS) is 21.8. The number of halogens is 1. The smallest absolute Gasteiger partial charge is 0.228 e. The molecule has 2 N–H and O–H groups in total. The highest BCUT2D eigenvalue weighted by atomic mass is 19.1. The summed E-state index contributed by atoms with van der Waals surface area (Å²) in [6.07, 6.45) is 6.51. The monoisotopic (exact) mass is 453 g/mol. The number of aromatic amines is 1. The van der Waals surface area contributed by atoms with Crippen LogP contribution in [0.1, 0.15) is 37.2 Å². The Hall–Kier alpha value is -2.95. The number of rotatable bonds is 6. The zero-order valence-electron chi connectivity index (χ0n) is 18.6. The fourth-order valence-electron chi connectivity index (χ4n) is 4.24. The van der Waals surface area contributed by atoms with E-state index >= 15 is 0 Å². The fourth-order valence-corrected chi connectivity index (χ4v) is 4.24. The molecule has 0 bridgehead atoms. The summed E-state index contributed by atoms with van der Waals surface area (Å²) in [5, 5.41) is 3.11. The number of H-pyrrole nitrogens is 1. The molecule has 0 aliphatic carbocycles. The van der Waals surface area contributed by atoms with Gasteiger partial charge < -0.3 is 19.8 Å². The molecule has 0 saturated carbocycles. The van der Waals surface area contributed by atoms with Gasteiger partial charge in [0.2, 0.25) is 5.95 Å². The van der Waals surface area contributed by atoms with E-state index in [1.807, 2.05) is 12.1 Å². The second-order valence-electron chi connectivity index (χ2n) is 8.53. The molecule has 5 rings (SSSR count). The zero-order valence-corrected chi connectivity index (χ0v) is 18.6. The number of hydrogen-bond acceptors (Lipinski definition) is 8. The summed E-state index contributed by atoms with van der Waals surface area (Å²) in [6, 6.07) is 3.90. The van der Waals surface area contributed by atoms with Crippen molar-refractivity contribution in [3.63, 3.8) is 0 Å². The highest BCUT2D eigenvalue weighted by molar-refractivity contribution is 5.59. The van der Waals surface area contributed by atoms with Crippen LogP contribution in [0.15, 0.2) is 30.7 Å².